The molecule has 0 spiro atoms. The van der Waals surface area contributed by atoms with Gasteiger partial charge < -0.3 is 4.57 Å². The molecule has 0 bridgehead atoms. The molecular formula is C31H52N2. The molecular weight excluding hydrogens is 400 g/mol. The molecule has 186 valence electrons. The summed E-state index contributed by atoms with van der Waals surface area (Å²) in [5.74, 6) is 0.623. The Morgan fingerprint density at radius 2 is 1.21 bits per heavy atom. The number of unbranched alkanes of at least 4 members (excludes halogenated alkanes) is 15. The van der Waals surface area contributed by atoms with Gasteiger partial charge in [-0.05, 0) is 24.3 Å². The predicted octanol–water partition coefficient (Wildman–Crippen LogP) is 9.95. The van der Waals surface area contributed by atoms with E-state index < -0.39 is 0 Å². The van der Waals surface area contributed by atoms with Crippen molar-refractivity contribution in [2.45, 2.75) is 135 Å². The quantitative estimate of drug-likeness (QED) is 0.172. The maximum Gasteiger partial charge on any atom is 0.0948 e. The minimum atomic E-state index is 0.555. The van der Waals surface area contributed by atoms with Crippen molar-refractivity contribution >= 4 is 0 Å². The van der Waals surface area contributed by atoms with Crippen LogP contribution >= 0.6 is 0 Å². The molecule has 1 aromatic carbocycles. The van der Waals surface area contributed by atoms with E-state index in [9.17, 15) is 0 Å². The fraction of sp³-hybridized carbons (Fsp3) is 0.710. The van der Waals surface area contributed by atoms with E-state index in [1.165, 1.54) is 115 Å². The molecule has 1 heterocycles. The Hall–Kier alpha value is -1.57. The van der Waals surface area contributed by atoms with Gasteiger partial charge in [-0.1, -0.05) is 147 Å². The van der Waals surface area contributed by atoms with Crippen molar-refractivity contribution in [1.29, 1.82) is 0 Å². The van der Waals surface area contributed by atoms with Gasteiger partial charge in [-0.25, -0.2) is 4.98 Å². The van der Waals surface area contributed by atoms with Gasteiger partial charge in [0, 0.05) is 18.4 Å². The third-order valence-corrected chi connectivity index (χ3v) is 7.32. The zero-order valence-corrected chi connectivity index (χ0v) is 21.9. The monoisotopic (exact) mass is 452 g/mol. The summed E-state index contributed by atoms with van der Waals surface area (Å²) >= 11 is 0. The first-order valence-electron chi connectivity index (χ1n) is 14.3. The number of rotatable bonds is 21. The fourth-order valence-corrected chi connectivity index (χ4v) is 5.22. The first-order chi connectivity index (χ1) is 16.3. The highest BCUT2D eigenvalue weighted by molar-refractivity contribution is 5.15. The van der Waals surface area contributed by atoms with Crippen LogP contribution in [0.25, 0.3) is 0 Å². The highest BCUT2D eigenvalue weighted by Crippen LogP contribution is 2.28. The molecule has 0 fully saturated rings. The van der Waals surface area contributed by atoms with Gasteiger partial charge in [-0.3, -0.25) is 0 Å². The Bertz CT molecular complexity index is 649. The van der Waals surface area contributed by atoms with E-state index >= 15 is 0 Å². The molecule has 0 radical (unpaired) electrons. The highest BCUT2D eigenvalue weighted by Gasteiger charge is 2.18. The van der Waals surface area contributed by atoms with Gasteiger partial charge in [0.05, 0.1) is 6.33 Å². The molecule has 0 aliphatic heterocycles. The zero-order chi connectivity index (χ0) is 23.4. The lowest BCUT2D eigenvalue weighted by Gasteiger charge is -2.25. The molecule has 2 atom stereocenters. The molecule has 0 saturated carbocycles. The normalized spacial score (nSPS) is 13.3. The van der Waals surface area contributed by atoms with Crippen LogP contribution in [-0.4, -0.2) is 9.55 Å². The van der Waals surface area contributed by atoms with Crippen molar-refractivity contribution < 1.29 is 0 Å². The molecule has 0 aliphatic carbocycles. The van der Waals surface area contributed by atoms with Crippen LogP contribution in [0.2, 0.25) is 0 Å². The first kappa shape index (κ1) is 27.7. The Kier molecular flexibility index (Phi) is 15.8. The molecule has 0 amide bonds. The van der Waals surface area contributed by atoms with E-state index in [-0.39, 0.29) is 0 Å². The number of aromatic nitrogens is 2. The van der Waals surface area contributed by atoms with Crippen LogP contribution in [-0.2, 0) is 6.42 Å². The zero-order valence-electron chi connectivity index (χ0n) is 21.9. The largest absolute Gasteiger partial charge is 0.334 e. The Balaban J connectivity index is 1.48. The molecule has 2 rings (SSSR count). The van der Waals surface area contributed by atoms with Crippen LogP contribution in [0.1, 0.15) is 135 Å². The third-order valence-electron chi connectivity index (χ3n) is 7.32. The average molecular weight is 453 g/mol. The number of benzene rings is 1. The molecule has 0 N–H and O–H groups in total. The molecule has 2 nitrogen and oxygen atoms in total. The van der Waals surface area contributed by atoms with Gasteiger partial charge >= 0.3 is 0 Å². The van der Waals surface area contributed by atoms with E-state index in [0.717, 1.165) is 6.42 Å². The summed E-state index contributed by atoms with van der Waals surface area (Å²) in [5, 5.41) is 0. The summed E-state index contributed by atoms with van der Waals surface area (Å²) in [5.41, 5.74) is 1.45. The second kappa shape index (κ2) is 18.8. The summed E-state index contributed by atoms with van der Waals surface area (Å²) in [4.78, 5) is 4.32. The molecule has 2 heteroatoms. The number of imidazole rings is 1. The van der Waals surface area contributed by atoms with Crippen LogP contribution in [0.3, 0.4) is 0 Å². The van der Waals surface area contributed by atoms with Gasteiger partial charge in [-0.2, -0.15) is 0 Å². The predicted molar refractivity (Wildman–Crippen MR) is 145 cm³/mol. The van der Waals surface area contributed by atoms with Crippen LogP contribution in [0.5, 0.6) is 0 Å². The van der Waals surface area contributed by atoms with Crippen LogP contribution in [0.15, 0.2) is 49.1 Å². The number of hydrogen-bond donors (Lipinski definition) is 0. The fourth-order valence-electron chi connectivity index (χ4n) is 5.22. The Morgan fingerprint density at radius 1 is 0.697 bits per heavy atom. The molecule has 0 aliphatic rings. The summed E-state index contributed by atoms with van der Waals surface area (Å²) < 4.78 is 2.35. The van der Waals surface area contributed by atoms with Gasteiger partial charge in [0.1, 0.15) is 0 Å². The maximum atomic E-state index is 4.32. The second-order valence-electron chi connectivity index (χ2n) is 10.3. The third kappa shape index (κ3) is 13.0. The van der Waals surface area contributed by atoms with Crippen molar-refractivity contribution in [3.05, 3.63) is 54.6 Å². The molecule has 33 heavy (non-hydrogen) atoms. The van der Waals surface area contributed by atoms with Crippen molar-refractivity contribution in [2.24, 2.45) is 5.92 Å². The van der Waals surface area contributed by atoms with Crippen LogP contribution < -0.4 is 0 Å². The Morgan fingerprint density at radius 3 is 1.70 bits per heavy atom. The summed E-state index contributed by atoms with van der Waals surface area (Å²) in [6.07, 6.45) is 31.4. The summed E-state index contributed by atoms with van der Waals surface area (Å²) in [6.45, 7) is 4.71. The molecule has 2 unspecified atom stereocenters. The Labute approximate surface area is 205 Å². The maximum absolute atomic E-state index is 4.32. The van der Waals surface area contributed by atoms with E-state index in [1.807, 2.05) is 12.5 Å². The van der Waals surface area contributed by atoms with E-state index in [4.69, 9.17) is 0 Å². The highest BCUT2D eigenvalue weighted by atomic mass is 15.1. The average Bonchev–Trinajstić information content (AvgIpc) is 3.36. The van der Waals surface area contributed by atoms with E-state index in [0.29, 0.717) is 12.0 Å². The lowest BCUT2D eigenvalue weighted by atomic mass is 9.90. The van der Waals surface area contributed by atoms with Gasteiger partial charge in [0.25, 0.3) is 0 Å². The van der Waals surface area contributed by atoms with E-state index in [2.05, 4.69) is 59.9 Å². The lowest BCUT2D eigenvalue weighted by molar-refractivity contribution is 0.318. The van der Waals surface area contributed by atoms with Crippen molar-refractivity contribution in [1.82, 2.24) is 9.55 Å². The first-order valence-corrected chi connectivity index (χ1v) is 14.3. The minimum absolute atomic E-state index is 0.555. The van der Waals surface area contributed by atoms with Crippen molar-refractivity contribution in [2.75, 3.05) is 0 Å². The number of nitrogens with zero attached hydrogens (tertiary/aromatic N) is 2. The lowest BCUT2D eigenvalue weighted by Crippen LogP contribution is -2.18. The van der Waals surface area contributed by atoms with Crippen LogP contribution in [0.4, 0.5) is 0 Å². The van der Waals surface area contributed by atoms with E-state index in [1.54, 1.807) is 0 Å². The minimum Gasteiger partial charge on any atom is -0.334 e. The van der Waals surface area contributed by atoms with Crippen LogP contribution in [0, 0.1) is 5.92 Å². The standard InChI is InChI=1S/C31H52N2/c1-3-4-5-6-7-8-9-10-11-12-13-14-15-16-17-21-24-31(33-26-25-32-28-33)29(2)27-30-22-19-18-20-23-30/h18-20,22-23,25-26,28-29,31H,3-17,21,24,27H2,1-2H3. The summed E-state index contributed by atoms with van der Waals surface area (Å²) in [6, 6.07) is 11.5. The smallest absolute Gasteiger partial charge is 0.0948 e. The van der Waals surface area contributed by atoms with Crippen molar-refractivity contribution in [3.8, 4) is 0 Å². The van der Waals surface area contributed by atoms with Gasteiger partial charge in [0.2, 0.25) is 0 Å². The molecule has 0 saturated heterocycles. The molecule has 1 aromatic heterocycles. The topological polar surface area (TPSA) is 17.8 Å². The van der Waals surface area contributed by atoms with Crippen molar-refractivity contribution in [3.63, 3.8) is 0 Å². The van der Waals surface area contributed by atoms with Gasteiger partial charge in [0.15, 0.2) is 0 Å². The number of hydrogen-bond acceptors (Lipinski definition) is 1. The SMILES string of the molecule is CCCCCCCCCCCCCCCCCCC(C(C)Cc1ccccc1)n1ccnc1. The summed E-state index contributed by atoms with van der Waals surface area (Å²) in [7, 11) is 0. The molecule has 2 aromatic rings. The second-order valence-corrected chi connectivity index (χ2v) is 10.3. The van der Waals surface area contributed by atoms with Gasteiger partial charge in [-0.15, -0.1) is 0 Å².